The third-order valence-corrected chi connectivity index (χ3v) is 5.19. The van der Waals surface area contributed by atoms with Gasteiger partial charge in [-0.3, -0.25) is 14.5 Å². The first-order valence-corrected chi connectivity index (χ1v) is 8.83. The van der Waals surface area contributed by atoms with Gasteiger partial charge < -0.3 is 9.80 Å². The summed E-state index contributed by atoms with van der Waals surface area (Å²) in [5.41, 5.74) is 0. The molecule has 2 rings (SSSR count). The van der Waals surface area contributed by atoms with Crippen LogP contribution in [0.25, 0.3) is 0 Å². The first-order chi connectivity index (χ1) is 10.5. The first kappa shape index (κ1) is 17.3. The van der Waals surface area contributed by atoms with E-state index in [1.807, 2.05) is 23.6 Å². The molecule has 2 saturated heterocycles. The molecule has 0 radical (unpaired) electrons. The van der Waals surface area contributed by atoms with Crippen LogP contribution in [-0.2, 0) is 9.59 Å². The largest absolute Gasteiger partial charge is 0.341 e. The molecule has 1 unspecified atom stereocenters. The maximum atomic E-state index is 12.7. The minimum Gasteiger partial charge on any atom is -0.341 e. The van der Waals surface area contributed by atoms with E-state index in [4.69, 9.17) is 0 Å². The van der Waals surface area contributed by atoms with Crippen LogP contribution in [0.5, 0.6) is 0 Å². The summed E-state index contributed by atoms with van der Waals surface area (Å²) in [4.78, 5) is 30.8. The lowest BCUT2D eigenvalue weighted by Gasteiger charge is -2.35. The highest BCUT2D eigenvalue weighted by Crippen LogP contribution is 2.18. The number of carbonyl (C=O) groups excluding carboxylic acids is 2. The zero-order valence-electron chi connectivity index (χ0n) is 14.4. The number of rotatable bonds is 3. The van der Waals surface area contributed by atoms with Crippen LogP contribution in [0.4, 0.5) is 0 Å². The average molecular weight is 309 g/mol. The van der Waals surface area contributed by atoms with Crippen molar-refractivity contribution < 1.29 is 9.59 Å². The Hall–Kier alpha value is -1.10. The lowest BCUT2D eigenvalue weighted by Crippen LogP contribution is -2.50. The van der Waals surface area contributed by atoms with Crippen LogP contribution < -0.4 is 0 Å². The predicted molar refractivity (Wildman–Crippen MR) is 87.5 cm³/mol. The van der Waals surface area contributed by atoms with E-state index in [2.05, 4.69) is 11.8 Å². The van der Waals surface area contributed by atoms with E-state index in [1.54, 1.807) is 0 Å². The highest BCUT2D eigenvalue weighted by atomic mass is 16.2. The number of hydrogen-bond acceptors (Lipinski definition) is 3. The molecule has 0 aromatic heterocycles. The second-order valence-electron chi connectivity index (χ2n) is 6.81. The number of nitrogens with zero attached hydrogens (tertiary/aromatic N) is 3. The Morgan fingerprint density at radius 1 is 1.00 bits per heavy atom. The summed E-state index contributed by atoms with van der Waals surface area (Å²) in [6, 6.07) is -0.0647. The fourth-order valence-electron chi connectivity index (χ4n) is 3.45. The fourth-order valence-corrected chi connectivity index (χ4v) is 3.45. The highest BCUT2D eigenvalue weighted by Gasteiger charge is 2.29. The monoisotopic (exact) mass is 309 g/mol. The van der Waals surface area contributed by atoms with Crippen molar-refractivity contribution in [2.24, 2.45) is 5.92 Å². The van der Waals surface area contributed by atoms with E-state index in [9.17, 15) is 9.59 Å². The van der Waals surface area contributed by atoms with Gasteiger partial charge in [0.2, 0.25) is 11.8 Å². The highest BCUT2D eigenvalue weighted by molar-refractivity contribution is 5.81. The zero-order chi connectivity index (χ0) is 16.1. The van der Waals surface area contributed by atoms with E-state index >= 15 is 0 Å². The van der Waals surface area contributed by atoms with Crippen LogP contribution >= 0.6 is 0 Å². The third kappa shape index (κ3) is 4.22. The SMILES string of the molecule is CCC(=O)N1CCCN(C(C)C(=O)N2CCC(C)CC2)CC1. The van der Waals surface area contributed by atoms with Crippen molar-refractivity contribution in [3.05, 3.63) is 0 Å². The van der Waals surface area contributed by atoms with Gasteiger partial charge in [-0.1, -0.05) is 13.8 Å². The number of amides is 2. The molecule has 0 N–H and O–H groups in total. The molecule has 5 nitrogen and oxygen atoms in total. The van der Waals surface area contributed by atoms with Crippen LogP contribution in [0.15, 0.2) is 0 Å². The first-order valence-electron chi connectivity index (χ1n) is 8.83. The Balaban J connectivity index is 1.87. The van der Waals surface area contributed by atoms with Gasteiger partial charge in [0.1, 0.15) is 0 Å². The lowest BCUT2D eigenvalue weighted by molar-refractivity contribution is -0.137. The molecule has 0 bridgehead atoms. The molecule has 0 aromatic rings. The standard InChI is InChI=1S/C17H31N3O2/c1-4-16(21)19-9-5-8-18(12-13-19)15(3)17(22)20-10-6-14(2)7-11-20/h14-15H,4-13H2,1-3H3. The predicted octanol–water partition coefficient (Wildman–Crippen LogP) is 1.58. The van der Waals surface area contributed by atoms with Gasteiger partial charge in [0.05, 0.1) is 6.04 Å². The van der Waals surface area contributed by atoms with Crippen molar-refractivity contribution in [2.45, 2.75) is 52.5 Å². The molecule has 1 atom stereocenters. The van der Waals surface area contributed by atoms with Crippen LogP contribution in [0, 0.1) is 5.92 Å². The van der Waals surface area contributed by atoms with Gasteiger partial charge in [-0.25, -0.2) is 0 Å². The molecule has 5 heteroatoms. The second-order valence-corrected chi connectivity index (χ2v) is 6.81. The maximum Gasteiger partial charge on any atom is 0.239 e. The van der Waals surface area contributed by atoms with Gasteiger partial charge in [0.15, 0.2) is 0 Å². The summed E-state index contributed by atoms with van der Waals surface area (Å²) in [7, 11) is 0. The number of likely N-dealkylation sites (tertiary alicyclic amines) is 1. The van der Waals surface area contributed by atoms with Gasteiger partial charge >= 0.3 is 0 Å². The molecule has 2 amide bonds. The molecule has 0 spiro atoms. The number of carbonyl (C=O) groups is 2. The quantitative estimate of drug-likeness (QED) is 0.795. The fraction of sp³-hybridized carbons (Fsp3) is 0.882. The average Bonchev–Trinajstić information content (AvgIpc) is 2.79. The molecule has 2 aliphatic rings. The smallest absolute Gasteiger partial charge is 0.239 e. The van der Waals surface area contributed by atoms with Crippen molar-refractivity contribution in [3.8, 4) is 0 Å². The minimum absolute atomic E-state index is 0.0647. The van der Waals surface area contributed by atoms with Crippen LogP contribution in [0.3, 0.4) is 0 Å². The van der Waals surface area contributed by atoms with Gasteiger partial charge in [0, 0.05) is 45.7 Å². The van der Waals surface area contributed by atoms with Gasteiger partial charge in [-0.15, -0.1) is 0 Å². The Morgan fingerprint density at radius 3 is 2.32 bits per heavy atom. The van der Waals surface area contributed by atoms with Gasteiger partial charge in [0.25, 0.3) is 0 Å². The molecule has 2 fully saturated rings. The molecule has 0 aliphatic carbocycles. The summed E-state index contributed by atoms with van der Waals surface area (Å²) in [6.07, 6.45) is 3.77. The van der Waals surface area contributed by atoms with Crippen LogP contribution in [0.1, 0.15) is 46.5 Å². The van der Waals surface area contributed by atoms with E-state index in [0.29, 0.717) is 6.42 Å². The summed E-state index contributed by atoms with van der Waals surface area (Å²) in [6.45, 7) is 11.3. The molecule has 2 heterocycles. The molecule has 2 aliphatic heterocycles. The normalized spacial score (nSPS) is 23.2. The molecular formula is C17H31N3O2. The summed E-state index contributed by atoms with van der Waals surface area (Å²) >= 11 is 0. The molecule has 0 aromatic carbocycles. The van der Waals surface area contributed by atoms with E-state index in [0.717, 1.165) is 64.4 Å². The maximum absolute atomic E-state index is 12.7. The van der Waals surface area contributed by atoms with Crippen molar-refractivity contribution >= 4 is 11.8 Å². The van der Waals surface area contributed by atoms with Crippen molar-refractivity contribution in [2.75, 3.05) is 39.3 Å². The topological polar surface area (TPSA) is 43.9 Å². The Labute approximate surface area is 134 Å². The minimum atomic E-state index is -0.0647. The molecular weight excluding hydrogens is 278 g/mol. The zero-order valence-corrected chi connectivity index (χ0v) is 14.4. The Kier molecular flexibility index (Phi) is 6.24. The van der Waals surface area contributed by atoms with Crippen molar-refractivity contribution in [3.63, 3.8) is 0 Å². The molecule has 0 saturated carbocycles. The summed E-state index contributed by atoms with van der Waals surface area (Å²) in [5, 5.41) is 0. The summed E-state index contributed by atoms with van der Waals surface area (Å²) < 4.78 is 0. The van der Waals surface area contributed by atoms with Crippen molar-refractivity contribution in [1.29, 1.82) is 0 Å². The Morgan fingerprint density at radius 2 is 1.68 bits per heavy atom. The van der Waals surface area contributed by atoms with E-state index in [-0.39, 0.29) is 17.9 Å². The van der Waals surface area contributed by atoms with Crippen LogP contribution in [0.2, 0.25) is 0 Å². The molecule has 22 heavy (non-hydrogen) atoms. The molecule has 126 valence electrons. The Bertz CT molecular complexity index is 391. The van der Waals surface area contributed by atoms with Crippen LogP contribution in [-0.4, -0.2) is 71.8 Å². The van der Waals surface area contributed by atoms with E-state index in [1.165, 1.54) is 0 Å². The summed E-state index contributed by atoms with van der Waals surface area (Å²) in [5.74, 6) is 1.24. The third-order valence-electron chi connectivity index (χ3n) is 5.19. The lowest BCUT2D eigenvalue weighted by atomic mass is 9.98. The van der Waals surface area contributed by atoms with E-state index < -0.39 is 0 Å². The number of hydrogen-bond donors (Lipinski definition) is 0. The van der Waals surface area contributed by atoms with Gasteiger partial charge in [-0.2, -0.15) is 0 Å². The second kappa shape index (κ2) is 7.95. The van der Waals surface area contributed by atoms with Gasteiger partial charge in [-0.05, 0) is 32.1 Å². The number of piperidine rings is 1. The van der Waals surface area contributed by atoms with Crippen molar-refractivity contribution in [1.82, 2.24) is 14.7 Å².